The van der Waals surface area contributed by atoms with E-state index in [0.29, 0.717) is 0 Å². The summed E-state index contributed by atoms with van der Waals surface area (Å²) < 4.78 is 1.44. The van der Waals surface area contributed by atoms with Gasteiger partial charge in [-0.3, -0.25) is 0 Å². The van der Waals surface area contributed by atoms with E-state index in [9.17, 15) is 0 Å². The standard InChI is InChI=1S/C13H28N/c1-3-10-14(11-4-2)12-8-6-5-7-9-13-14/h3-13H2,1-2H3/q+1. The van der Waals surface area contributed by atoms with Gasteiger partial charge in [0.1, 0.15) is 0 Å². The lowest BCUT2D eigenvalue weighted by atomic mass is 10.1. The normalized spacial score (nSPS) is 22.7. The Kier molecular flexibility index (Phi) is 5.54. The van der Waals surface area contributed by atoms with Gasteiger partial charge >= 0.3 is 0 Å². The van der Waals surface area contributed by atoms with Crippen LogP contribution < -0.4 is 0 Å². The van der Waals surface area contributed by atoms with Crippen molar-refractivity contribution in [1.82, 2.24) is 0 Å². The van der Waals surface area contributed by atoms with Crippen LogP contribution in [0.5, 0.6) is 0 Å². The zero-order valence-corrected chi connectivity index (χ0v) is 10.2. The Morgan fingerprint density at radius 3 is 1.57 bits per heavy atom. The van der Waals surface area contributed by atoms with Gasteiger partial charge in [0, 0.05) is 0 Å². The van der Waals surface area contributed by atoms with Crippen LogP contribution in [0.2, 0.25) is 0 Å². The molecule has 0 unspecified atom stereocenters. The van der Waals surface area contributed by atoms with Gasteiger partial charge in [0.2, 0.25) is 0 Å². The van der Waals surface area contributed by atoms with Crippen LogP contribution in [-0.2, 0) is 0 Å². The lowest BCUT2D eigenvalue weighted by molar-refractivity contribution is -0.929. The lowest BCUT2D eigenvalue weighted by Crippen LogP contribution is -2.50. The number of hydrogen-bond acceptors (Lipinski definition) is 0. The van der Waals surface area contributed by atoms with E-state index in [4.69, 9.17) is 0 Å². The second-order valence-electron chi connectivity index (χ2n) is 5.00. The first-order chi connectivity index (χ1) is 6.83. The van der Waals surface area contributed by atoms with E-state index in [0.717, 1.165) is 0 Å². The predicted octanol–water partition coefficient (Wildman–Crippen LogP) is 3.59. The maximum atomic E-state index is 2.34. The largest absolute Gasteiger partial charge is 0.324 e. The van der Waals surface area contributed by atoms with Crippen molar-refractivity contribution in [3.05, 3.63) is 0 Å². The molecule has 1 heterocycles. The molecule has 1 fully saturated rings. The maximum absolute atomic E-state index is 2.34. The van der Waals surface area contributed by atoms with E-state index >= 15 is 0 Å². The summed E-state index contributed by atoms with van der Waals surface area (Å²) in [6, 6.07) is 0. The van der Waals surface area contributed by atoms with E-state index in [1.165, 1.54) is 75.6 Å². The minimum Gasteiger partial charge on any atom is -0.324 e. The van der Waals surface area contributed by atoms with Crippen molar-refractivity contribution in [2.45, 2.75) is 58.8 Å². The lowest BCUT2D eigenvalue weighted by Gasteiger charge is -2.40. The van der Waals surface area contributed by atoms with Crippen LogP contribution in [0.15, 0.2) is 0 Å². The third-order valence-electron chi connectivity index (χ3n) is 3.66. The first kappa shape index (κ1) is 12.0. The molecule has 1 nitrogen and oxygen atoms in total. The molecular formula is C13H28N+. The molecule has 0 amide bonds. The van der Waals surface area contributed by atoms with Crippen molar-refractivity contribution in [1.29, 1.82) is 0 Å². The topological polar surface area (TPSA) is 0 Å². The van der Waals surface area contributed by atoms with E-state index in [1.54, 1.807) is 0 Å². The van der Waals surface area contributed by atoms with Gasteiger partial charge in [-0.1, -0.05) is 20.3 Å². The molecule has 0 spiro atoms. The van der Waals surface area contributed by atoms with Crippen molar-refractivity contribution in [2.75, 3.05) is 26.2 Å². The van der Waals surface area contributed by atoms with Gasteiger partial charge < -0.3 is 4.48 Å². The highest BCUT2D eigenvalue weighted by Gasteiger charge is 2.25. The number of hydrogen-bond donors (Lipinski definition) is 0. The van der Waals surface area contributed by atoms with Crippen LogP contribution in [0.1, 0.15) is 58.8 Å². The Morgan fingerprint density at radius 2 is 1.14 bits per heavy atom. The predicted molar refractivity (Wildman–Crippen MR) is 63.4 cm³/mol. The fraction of sp³-hybridized carbons (Fsp3) is 1.00. The Hall–Kier alpha value is -0.0400. The van der Waals surface area contributed by atoms with Crippen LogP contribution in [0.25, 0.3) is 0 Å². The molecule has 84 valence electrons. The third-order valence-corrected chi connectivity index (χ3v) is 3.66. The first-order valence-corrected chi connectivity index (χ1v) is 6.68. The van der Waals surface area contributed by atoms with Gasteiger partial charge in [0.15, 0.2) is 0 Å². The Bertz CT molecular complexity index is 126. The maximum Gasteiger partial charge on any atom is 0.0786 e. The van der Waals surface area contributed by atoms with E-state index in [-0.39, 0.29) is 0 Å². The minimum absolute atomic E-state index is 1.36. The first-order valence-electron chi connectivity index (χ1n) is 6.68. The van der Waals surface area contributed by atoms with Crippen LogP contribution in [-0.4, -0.2) is 30.7 Å². The molecule has 0 aromatic rings. The quantitative estimate of drug-likeness (QED) is 0.606. The van der Waals surface area contributed by atoms with Crippen LogP contribution >= 0.6 is 0 Å². The third kappa shape index (κ3) is 3.61. The molecule has 0 aromatic carbocycles. The highest BCUT2D eigenvalue weighted by Crippen LogP contribution is 2.19. The summed E-state index contributed by atoms with van der Waals surface area (Å²) in [5.74, 6) is 0. The molecule has 1 saturated heterocycles. The molecule has 1 aliphatic rings. The van der Waals surface area contributed by atoms with Gasteiger partial charge in [-0.2, -0.15) is 0 Å². The van der Waals surface area contributed by atoms with E-state index in [2.05, 4.69) is 13.8 Å². The van der Waals surface area contributed by atoms with E-state index in [1.807, 2.05) is 0 Å². The van der Waals surface area contributed by atoms with Crippen molar-refractivity contribution >= 4 is 0 Å². The molecule has 0 N–H and O–H groups in total. The highest BCUT2D eigenvalue weighted by atomic mass is 15.3. The zero-order valence-electron chi connectivity index (χ0n) is 10.2. The van der Waals surface area contributed by atoms with Crippen molar-refractivity contribution in [2.24, 2.45) is 0 Å². The average Bonchev–Trinajstić information content (AvgIpc) is 2.12. The number of nitrogens with zero attached hydrogens (tertiary/aromatic N) is 1. The molecule has 0 aliphatic carbocycles. The summed E-state index contributed by atoms with van der Waals surface area (Å²) in [6.07, 6.45) is 10.1. The minimum atomic E-state index is 1.36. The second-order valence-corrected chi connectivity index (χ2v) is 5.00. The number of likely N-dealkylation sites (tertiary alicyclic amines) is 1. The number of rotatable bonds is 4. The van der Waals surface area contributed by atoms with Crippen molar-refractivity contribution in [3.8, 4) is 0 Å². The molecule has 0 radical (unpaired) electrons. The summed E-state index contributed by atoms with van der Waals surface area (Å²) in [6.45, 7) is 10.5. The average molecular weight is 198 g/mol. The summed E-state index contributed by atoms with van der Waals surface area (Å²) in [7, 11) is 0. The zero-order chi connectivity index (χ0) is 10.3. The summed E-state index contributed by atoms with van der Waals surface area (Å²) in [5, 5.41) is 0. The molecule has 0 bridgehead atoms. The molecule has 14 heavy (non-hydrogen) atoms. The molecule has 0 atom stereocenters. The van der Waals surface area contributed by atoms with Gasteiger partial charge in [-0.15, -0.1) is 0 Å². The van der Waals surface area contributed by atoms with Crippen LogP contribution in [0.3, 0.4) is 0 Å². The van der Waals surface area contributed by atoms with Crippen LogP contribution in [0, 0.1) is 0 Å². The Labute approximate surface area is 90.1 Å². The van der Waals surface area contributed by atoms with Crippen LogP contribution in [0.4, 0.5) is 0 Å². The molecule has 0 aromatic heterocycles. The Morgan fingerprint density at radius 1 is 0.714 bits per heavy atom. The van der Waals surface area contributed by atoms with E-state index < -0.39 is 0 Å². The molecule has 1 rings (SSSR count). The fourth-order valence-electron chi connectivity index (χ4n) is 3.04. The molecule has 0 saturated carbocycles. The van der Waals surface area contributed by atoms with Gasteiger partial charge in [-0.05, 0) is 38.5 Å². The van der Waals surface area contributed by atoms with Crippen molar-refractivity contribution in [3.63, 3.8) is 0 Å². The highest BCUT2D eigenvalue weighted by molar-refractivity contribution is 4.53. The van der Waals surface area contributed by atoms with Gasteiger partial charge in [0.25, 0.3) is 0 Å². The summed E-state index contributed by atoms with van der Waals surface area (Å²) in [4.78, 5) is 0. The molecular weight excluding hydrogens is 170 g/mol. The second kappa shape index (κ2) is 6.44. The fourth-order valence-corrected chi connectivity index (χ4v) is 3.04. The van der Waals surface area contributed by atoms with Gasteiger partial charge in [-0.25, -0.2) is 0 Å². The SMILES string of the molecule is CCC[N+]1(CCC)CCCCCCC1. The Balaban J connectivity index is 2.50. The summed E-state index contributed by atoms with van der Waals surface area (Å²) >= 11 is 0. The van der Waals surface area contributed by atoms with Crippen molar-refractivity contribution < 1.29 is 4.48 Å². The smallest absolute Gasteiger partial charge is 0.0786 e. The van der Waals surface area contributed by atoms with Gasteiger partial charge in [0.05, 0.1) is 26.2 Å². The summed E-state index contributed by atoms with van der Waals surface area (Å²) in [5.41, 5.74) is 0. The monoisotopic (exact) mass is 198 g/mol. The number of quaternary nitrogens is 1. The molecule has 1 heteroatoms. The molecule has 1 aliphatic heterocycles.